The molecular weight excluding hydrogens is 280 g/mol. The van der Waals surface area contributed by atoms with Gasteiger partial charge in [0.05, 0.1) is 6.20 Å². The topological polar surface area (TPSA) is 78.4 Å². The third-order valence-corrected chi connectivity index (χ3v) is 3.39. The van der Waals surface area contributed by atoms with E-state index in [0.717, 1.165) is 6.42 Å². The van der Waals surface area contributed by atoms with Crippen molar-refractivity contribution in [2.45, 2.75) is 13.3 Å². The Balaban J connectivity index is 1.95. The molecule has 22 heavy (non-hydrogen) atoms. The summed E-state index contributed by atoms with van der Waals surface area (Å²) in [5.74, 6) is 1.17. The first-order valence-corrected chi connectivity index (χ1v) is 7.00. The summed E-state index contributed by atoms with van der Waals surface area (Å²) in [5.41, 5.74) is 2.24. The van der Waals surface area contributed by atoms with Gasteiger partial charge in [-0.3, -0.25) is 5.10 Å². The Bertz CT molecular complexity index is 796. The summed E-state index contributed by atoms with van der Waals surface area (Å²) < 4.78 is 5.86. The number of aryl methyl sites for hydroxylation is 1. The molecule has 2 aromatic carbocycles. The zero-order valence-electron chi connectivity index (χ0n) is 12.1. The molecule has 5 heteroatoms. The van der Waals surface area contributed by atoms with Crippen LogP contribution in [0.2, 0.25) is 0 Å². The lowest BCUT2D eigenvalue weighted by Crippen LogP contribution is -1.88. The number of benzene rings is 2. The van der Waals surface area contributed by atoms with E-state index in [4.69, 9.17) is 4.74 Å². The van der Waals surface area contributed by atoms with Crippen LogP contribution in [-0.2, 0) is 6.42 Å². The fourth-order valence-corrected chi connectivity index (χ4v) is 2.23. The highest BCUT2D eigenvalue weighted by atomic mass is 16.5. The summed E-state index contributed by atoms with van der Waals surface area (Å²) in [6.45, 7) is 2.08. The minimum Gasteiger partial charge on any atom is -0.508 e. The third kappa shape index (κ3) is 2.74. The molecule has 0 amide bonds. The molecule has 0 radical (unpaired) electrons. The number of aromatic nitrogens is 2. The van der Waals surface area contributed by atoms with Crippen molar-refractivity contribution in [3.05, 3.63) is 54.2 Å². The van der Waals surface area contributed by atoms with Gasteiger partial charge in [0.1, 0.15) is 22.9 Å². The van der Waals surface area contributed by atoms with E-state index in [1.54, 1.807) is 12.3 Å². The highest BCUT2D eigenvalue weighted by Gasteiger charge is 2.14. The van der Waals surface area contributed by atoms with E-state index in [-0.39, 0.29) is 11.5 Å². The number of phenols is 2. The fraction of sp³-hybridized carbons (Fsp3) is 0.118. The molecule has 0 fully saturated rings. The molecule has 0 spiro atoms. The molecule has 1 heterocycles. The number of rotatable bonds is 4. The second-order valence-corrected chi connectivity index (χ2v) is 4.91. The van der Waals surface area contributed by atoms with Crippen LogP contribution in [-0.4, -0.2) is 20.4 Å². The van der Waals surface area contributed by atoms with Crippen LogP contribution in [0.4, 0.5) is 0 Å². The van der Waals surface area contributed by atoms with Crippen LogP contribution >= 0.6 is 0 Å². The minimum atomic E-state index is -0.0450. The highest BCUT2D eigenvalue weighted by Crippen LogP contribution is 2.37. The van der Waals surface area contributed by atoms with Crippen molar-refractivity contribution in [1.29, 1.82) is 0 Å². The molecule has 5 nitrogen and oxygen atoms in total. The number of hydrogen-bond donors (Lipinski definition) is 3. The Labute approximate surface area is 127 Å². The average Bonchev–Trinajstić information content (AvgIpc) is 2.95. The summed E-state index contributed by atoms with van der Waals surface area (Å²) in [7, 11) is 0. The summed E-state index contributed by atoms with van der Waals surface area (Å²) >= 11 is 0. The van der Waals surface area contributed by atoms with Gasteiger partial charge in [-0.2, -0.15) is 5.10 Å². The zero-order valence-corrected chi connectivity index (χ0v) is 12.1. The highest BCUT2D eigenvalue weighted by molar-refractivity contribution is 5.72. The second-order valence-electron chi connectivity index (χ2n) is 4.91. The molecule has 0 aliphatic carbocycles. The van der Waals surface area contributed by atoms with Gasteiger partial charge in [-0.1, -0.05) is 19.1 Å². The Morgan fingerprint density at radius 1 is 1.14 bits per heavy atom. The number of H-pyrrole nitrogens is 1. The molecule has 0 atom stereocenters. The number of aromatic hydroxyl groups is 2. The maximum Gasteiger partial charge on any atom is 0.173 e. The van der Waals surface area contributed by atoms with E-state index in [1.807, 2.05) is 24.3 Å². The molecule has 3 rings (SSSR count). The van der Waals surface area contributed by atoms with Gasteiger partial charge in [0.25, 0.3) is 0 Å². The monoisotopic (exact) mass is 296 g/mol. The molecule has 112 valence electrons. The van der Waals surface area contributed by atoms with Crippen molar-refractivity contribution in [3.8, 4) is 34.3 Å². The van der Waals surface area contributed by atoms with Crippen molar-refractivity contribution >= 4 is 0 Å². The Kier molecular flexibility index (Phi) is 3.70. The Morgan fingerprint density at radius 3 is 2.77 bits per heavy atom. The van der Waals surface area contributed by atoms with E-state index < -0.39 is 0 Å². The number of nitrogens with one attached hydrogen (secondary N) is 1. The predicted molar refractivity (Wildman–Crippen MR) is 83.2 cm³/mol. The maximum absolute atomic E-state index is 9.97. The molecule has 0 aliphatic heterocycles. The number of ether oxygens (including phenoxy) is 1. The number of nitrogens with zero attached hydrogens (tertiary/aromatic N) is 1. The molecule has 0 aliphatic rings. The third-order valence-electron chi connectivity index (χ3n) is 3.39. The van der Waals surface area contributed by atoms with Crippen molar-refractivity contribution < 1.29 is 14.9 Å². The molecule has 0 saturated heterocycles. The largest absolute Gasteiger partial charge is 0.508 e. The van der Waals surface area contributed by atoms with Crippen molar-refractivity contribution in [2.24, 2.45) is 0 Å². The number of aromatic amines is 1. The lowest BCUT2D eigenvalue weighted by Gasteiger charge is -2.08. The van der Waals surface area contributed by atoms with Gasteiger partial charge in [-0.25, -0.2) is 0 Å². The fourth-order valence-electron chi connectivity index (χ4n) is 2.23. The average molecular weight is 296 g/mol. The quantitative estimate of drug-likeness (QED) is 0.683. The smallest absolute Gasteiger partial charge is 0.173 e. The molecule has 1 aromatic heterocycles. The summed E-state index contributed by atoms with van der Waals surface area (Å²) in [4.78, 5) is 0. The van der Waals surface area contributed by atoms with Gasteiger partial charge in [0.2, 0.25) is 0 Å². The maximum atomic E-state index is 9.97. The molecule has 0 saturated carbocycles. The van der Waals surface area contributed by atoms with E-state index in [2.05, 4.69) is 17.1 Å². The number of phenolic OH excluding ortho intramolecular Hbond substituents is 2. The van der Waals surface area contributed by atoms with Gasteiger partial charge in [0, 0.05) is 11.6 Å². The van der Waals surface area contributed by atoms with Gasteiger partial charge in [-0.15, -0.1) is 0 Å². The van der Waals surface area contributed by atoms with Crippen LogP contribution < -0.4 is 4.74 Å². The van der Waals surface area contributed by atoms with E-state index in [0.29, 0.717) is 22.8 Å². The van der Waals surface area contributed by atoms with Gasteiger partial charge >= 0.3 is 0 Å². The van der Waals surface area contributed by atoms with Crippen molar-refractivity contribution in [3.63, 3.8) is 0 Å². The van der Waals surface area contributed by atoms with Gasteiger partial charge in [0.15, 0.2) is 5.75 Å². The molecular formula is C17H16N2O3. The van der Waals surface area contributed by atoms with Crippen LogP contribution in [0.5, 0.6) is 23.0 Å². The second kappa shape index (κ2) is 5.81. The minimum absolute atomic E-state index is 0.00104. The van der Waals surface area contributed by atoms with E-state index in [1.165, 1.54) is 17.7 Å². The first kappa shape index (κ1) is 14.0. The van der Waals surface area contributed by atoms with Gasteiger partial charge in [-0.05, 0) is 36.2 Å². The zero-order chi connectivity index (χ0) is 15.5. The molecule has 3 N–H and O–H groups in total. The van der Waals surface area contributed by atoms with Crippen LogP contribution in [0.25, 0.3) is 11.3 Å². The van der Waals surface area contributed by atoms with Crippen molar-refractivity contribution in [2.75, 3.05) is 0 Å². The lowest BCUT2D eigenvalue weighted by molar-refractivity contribution is 0.450. The van der Waals surface area contributed by atoms with E-state index >= 15 is 0 Å². The first-order chi connectivity index (χ1) is 10.7. The Morgan fingerprint density at radius 2 is 2.00 bits per heavy atom. The van der Waals surface area contributed by atoms with E-state index in [9.17, 15) is 10.2 Å². The summed E-state index contributed by atoms with van der Waals surface area (Å²) in [6, 6.07) is 12.2. The lowest BCUT2D eigenvalue weighted by atomic mass is 10.1. The SMILES string of the molecule is CCc1cccc(Oc2cn[nH]c2-c2ccc(O)cc2O)c1. The summed E-state index contributed by atoms with van der Waals surface area (Å²) in [6.07, 6.45) is 2.48. The standard InChI is InChI=1S/C17H16N2O3/c1-2-11-4-3-5-13(8-11)22-16-10-18-19-17(16)14-7-6-12(20)9-15(14)21/h3-10,20-21H,2H2,1H3,(H,18,19). The summed E-state index contributed by atoms with van der Waals surface area (Å²) in [5, 5.41) is 26.1. The molecule has 3 aromatic rings. The van der Waals surface area contributed by atoms with Crippen LogP contribution in [0, 0.1) is 0 Å². The van der Waals surface area contributed by atoms with Crippen LogP contribution in [0.1, 0.15) is 12.5 Å². The molecule has 0 unspecified atom stereocenters. The number of hydrogen-bond acceptors (Lipinski definition) is 4. The Hall–Kier alpha value is -2.95. The molecule has 0 bridgehead atoms. The first-order valence-electron chi connectivity index (χ1n) is 7.00. The van der Waals surface area contributed by atoms with Crippen LogP contribution in [0.3, 0.4) is 0 Å². The normalized spacial score (nSPS) is 10.6. The van der Waals surface area contributed by atoms with Gasteiger partial charge < -0.3 is 14.9 Å². The predicted octanol–water partition coefficient (Wildman–Crippen LogP) is 3.84. The van der Waals surface area contributed by atoms with Crippen molar-refractivity contribution in [1.82, 2.24) is 10.2 Å². The van der Waals surface area contributed by atoms with Crippen LogP contribution in [0.15, 0.2) is 48.7 Å².